The molecule has 0 aliphatic carbocycles. The number of hydrogen-bond acceptors (Lipinski definition) is 3. The minimum atomic E-state index is 0. The Morgan fingerprint density at radius 2 is 2.08 bits per heavy atom. The molecule has 2 rings (SSSR count). The summed E-state index contributed by atoms with van der Waals surface area (Å²) in [4.78, 5) is 7.05. The first-order chi connectivity index (χ1) is 11.6. The molecule has 1 aliphatic heterocycles. The number of halogens is 1. The third-order valence-electron chi connectivity index (χ3n) is 4.38. The fraction of sp³-hybridized carbons (Fsp3) is 0.632. The zero-order chi connectivity index (χ0) is 17.4. The summed E-state index contributed by atoms with van der Waals surface area (Å²) in [7, 11) is 0. The summed E-state index contributed by atoms with van der Waals surface area (Å²) in [6, 6.07) is 9.16. The molecule has 1 aromatic carbocycles. The van der Waals surface area contributed by atoms with Crippen LogP contribution in [0.15, 0.2) is 29.3 Å². The Bertz CT molecular complexity index is 521. The number of aliphatic hydroxyl groups excluding tert-OH is 1. The second kappa shape index (κ2) is 11.6. The molecule has 6 heteroatoms. The number of piperidine rings is 1. The van der Waals surface area contributed by atoms with Gasteiger partial charge < -0.3 is 20.6 Å². The van der Waals surface area contributed by atoms with Crippen molar-refractivity contribution >= 4 is 35.6 Å². The van der Waals surface area contributed by atoms with E-state index in [2.05, 4.69) is 58.6 Å². The molecule has 0 bridgehead atoms. The van der Waals surface area contributed by atoms with E-state index in [0.717, 1.165) is 32.0 Å². The third-order valence-corrected chi connectivity index (χ3v) is 4.38. The van der Waals surface area contributed by atoms with Gasteiger partial charge in [0.25, 0.3) is 0 Å². The van der Waals surface area contributed by atoms with Gasteiger partial charge >= 0.3 is 0 Å². The van der Waals surface area contributed by atoms with Gasteiger partial charge in [0.05, 0.1) is 0 Å². The Balaban J connectivity index is 0.00000312. The Labute approximate surface area is 169 Å². The number of aliphatic imine (C=N–C) groups is 1. The third kappa shape index (κ3) is 7.40. The number of anilines is 1. The predicted molar refractivity (Wildman–Crippen MR) is 117 cm³/mol. The van der Waals surface area contributed by atoms with E-state index in [9.17, 15) is 0 Å². The van der Waals surface area contributed by atoms with Gasteiger partial charge in [0, 0.05) is 44.5 Å². The van der Waals surface area contributed by atoms with E-state index in [4.69, 9.17) is 5.11 Å². The molecule has 1 aliphatic rings. The minimum absolute atomic E-state index is 0. The van der Waals surface area contributed by atoms with E-state index in [1.165, 1.54) is 17.7 Å². The van der Waals surface area contributed by atoms with E-state index in [0.29, 0.717) is 12.6 Å². The van der Waals surface area contributed by atoms with Crippen molar-refractivity contribution in [2.45, 2.75) is 39.7 Å². The molecule has 1 fully saturated rings. The molecule has 0 amide bonds. The molecule has 0 aromatic heterocycles. The molecule has 0 radical (unpaired) electrons. The van der Waals surface area contributed by atoms with E-state index in [1.807, 2.05) is 6.92 Å². The lowest BCUT2D eigenvalue weighted by molar-refractivity contribution is 0.241. The average molecular weight is 460 g/mol. The minimum Gasteiger partial charge on any atom is -0.396 e. The van der Waals surface area contributed by atoms with Crippen LogP contribution in [0.4, 0.5) is 5.69 Å². The number of aryl methyl sites for hydroxylation is 1. The maximum atomic E-state index is 9.16. The van der Waals surface area contributed by atoms with Crippen molar-refractivity contribution in [2.75, 3.05) is 37.7 Å². The molecule has 1 aromatic rings. The van der Waals surface area contributed by atoms with Crippen molar-refractivity contribution in [3.63, 3.8) is 0 Å². The molecule has 142 valence electrons. The van der Waals surface area contributed by atoms with Gasteiger partial charge in [-0.25, -0.2) is 0 Å². The number of nitrogens with one attached hydrogen (secondary N) is 2. The highest BCUT2D eigenvalue weighted by atomic mass is 127. The fourth-order valence-corrected chi connectivity index (χ4v) is 2.90. The monoisotopic (exact) mass is 460 g/mol. The second-order valence-corrected chi connectivity index (χ2v) is 6.77. The molecule has 0 saturated carbocycles. The number of rotatable bonds is 6. The van der Waals surface area contributed by atoms with Gasteiger partial charge in [-0.2, -0.15) is 0 Å². The summed E-state index contributed by atoms with van der Waals surface area (Å²) >= 11 is 0. The number of aliphatic hydroxyl groups is 1. The Morgan fingerprint density at radius 3 is 2.72 bits per heavy atom. The van der Waals surface area contributed by atoms with Crippen LogP contribution >= 0.6 is 24.0 Å². The lowest BCUT2D eigenvalue weighted by Gasteiger charge is -2.35. The highest BCUT2D eigenvalue weighted by molar-refractivity contribution is 14.0. The van der Waals surface area contributed by atoms with Gasteiger partial charge in [0.15, 0.2) is 5.96 Å². The van der Waals surface area contributed by atoms with E-state index >= 15 is 0 Å². The highest BCUT2D eigenvalue weighted by Gasteiger charge is 2.21. The Hall–Kier alpha value is -1.02. The predicted octanol–water partition coefficient (Wildman–Crippen LogP) is 2.77. The van der Waals surface area contributed by atoms with Crippen molar-refractivity contribution in [1.29, 1.82) is 0 Å². The Morgan fingerprint density at radius 1 is 1.36 bits per heavy atom. The van der Waals surface area contributed by atoms with Gasteiger partial charge in [-0.3, -0.25) is 4.99 Å². The van der Waals surface area contributed by atoms with E-state index in [-0.39, 0.29) is 36.5 Å². The molecule has 2 unspecified atom stereocenters. The van der Waals surface area contributed by atoms with Crippen LogP contribution in [-0.4, -0.2) is 49.9 Å². The van der Waals surface area contributed by atoms with Gasteiger partial charge in [0.1, 0.15) is 0 Å². The lowest BCUT2D eigenvalue weighted by Crippen LogP contribution is -2.51. The molecule has 1 saturated heterocycles. The van der Waals surface area contributed by atoms with Crippen LogP contribution in [0.5, 0.6) is 0 Å². The molecule has 3 N–H and O–H groups in total. The summed E-state index contributed by atoms with van der Waals surface area (Å²) in [5, 5.41) is 16.0. The van der Waals surface area contributed by atoms with Crippen LogP contribution in [0.3, 0.4) is 0 Å². The van der Waals surface area contributed by atoms with Crippen LogP contribution in [0.25, 0.3) is 0 Å². The standard InChI is InChI=1S/C19H32N4O.HI/c1-4-20-19(21-12-16(3)14-24)22-17-6-5-11-23(13-17)18-9-7-15(2)8-10-18;/h7-10,16-17,24H,4-6,11-14H2,1-3H3,(H2,20,21,22);1H. The number of benzene rings is 1. The first-order valence-corrected chi connectivity index (χ1v) is 9.09. The van der Waals surface area contributed by atoms with Crippen LogP contribution in [-0.2, 0) is 0 Å². The summed E-state index contributed by atoms with van der Waals surface area (Å²) < 4.78 is 0. The molecule has 25 heavy (non-hydrogen) atoms. The topological polar surface area (TPSA) is 59.9 Å². The lowest BCUT2D eigenvalue weighted by atomic mass is 10.0. The van der Waals surface area contributed by atoms with Crippen LogP contribution in [0.1, 0.15) is 32.3 Å². The van der Waals surface area contributed by atoms with Gasteiger partial charge in [0.2, 0.25) is 0 Å². The van der Waals surface area contributed by atoms with Crippen LogP contribution < -0.4 is 15.5 Å². The van der Waals surface area contributed by atoms with E-state index in [1.54, 1.807) is 0 Å². The van der Waals surface area contributed by atoms with Gasteiger partial charge in [-0.15, -0.1) is 24.0 Å². The van der Waals surface area contributed by atoms with Crippen molar-refractivity contribution in [1.82, 2.24) is 10.6 Å². The van der Waals surface area contributed by atoms with Gasteiger partial charge in [-0.1, -0.05) is 24.6 Å². The summed E-state index contributed by atoms with van der Waals surface area (Å²) in [6.45, 7) is 9.96. The summed E-state index contributed by atoms with van der Waals surface area (Å²) in [5.74, 6) is 1.05. The number of nitrogens with zero attached hydrogens (tertiary/aromatic N) is 2. The van der Waals surface area contributed by atoms with Crippen molar-refractivity contribution in [2.24, 2.45) is 10.9 Å². The Kier molecular flexibility index (Phi) is 10.2. The molecule has 0 spiro atoms. The fourth-order valence-electron chi connectivity index (χ4n) is 2.90. The molecular formula is C19H33IN4O. The average Bonchev–Trinajstić information content (AvgIpc) is 2.60. The van der Waals surface area contributed by atoms with Crippen LogP contribution in [0.2, 0.25) is 0 Å². The first-order valence-electron chi connectivity index (χ1n) is 9.09. The largest absolute Gasteiger partial charge is 0.396 e. The molecule has 2 atom stereocenters. The maximum Gasteiger partial charge on any atom is 0.191 e. The molecular weight excluding hydrogens is 427 g/mol. The maximum absolute atomic E-state index is 9.16. The quantitative estimate of drug-likeness (QED) is 0.347. The summed E-state index contributed by atoms with van der Waals surface area (Å²) in [5.41, 5.74) is 2.59. The second-order valence-electron chi connectivity index (χ2n) is 6.77. The number of guanidine groups is 1. The summed E-state index contributed by atoms with van der Waals surface area (Å²) in [6.07, 6.45) is 2.33. The normalized spacial score (nSPS) is 19.1. The van der Waals surface area contributed by atoms with Crippen molar-refractivity contribution in [3.8, 4) is 0 Å². The van der Waals surface area contributed by atoms with Crippen molar-refractivity contribution in [3.05, 3.63) is 29.8 Å². The highest BCUT2D eigenvalue weighted by Crippen LogP contribution is 2.20. The number of hydrogen-bond donors (Lipinski definition) is 3. The van der Waals surface area contributed by atoms with Crippen LogP contribution in [0, 0.1) is 12.8 Å². The molecule has 5 nitrogen and oxygen atoms in total. The molecule has 1 heterocycles. The van der Waals surface area contributed by atoms with Gasteiger partial charge in [-0.05, 0) is 44.7 Å². The first kappa shape index (κ1) is 22.0. The SMILES string of the molecule is CCNC(=NCC(C)CO)NC1CCCN(c2ccc(C)cc2)C1.I. The zero-order valence-corrected chi connectivity index (χ0v) is 18.0. The zero-order valence-electron chi connectivity index (χ0n) is 15.7. The van der Waals surface area contributed by atoms with Crippen molar-refractivity contribution < 1.29 is 5.11 Å². The van der Waals surface area contributed by atoms with E-state index < -0.39 is 0 Å². The smallest absolute Gasteiger partial charge is 0.191 e.